The number of anilines is 1. The van der Waals surface area contributed by atoms with Crippen molar-refractivity contribution in [3.05, 3.63) is 59.2 Å². The van der Waals surface area contributed by atoms with Crippen LogP contribution in [0.2, 0.25) is 0 Å². The smallest absolute Gasteiger partial charge is 0.414 e. The van der Waals surface area contributed by atoms with Crippen LogP contribution in [0.15, 0.2) is 42.5 Å². The average molecular weight is 774 g/mol. The van der Waals surface area contributed by atoms with Crippen LogP contribution in [0.3, 0.4) is 0 Å². The van der Waals surface area contributed by atoms with Gasteiger partial charge in [-0.3, -0.25) is 14.5 Å². The minimum atomic E-state index is -1.20. The molecule has 5 aliphatic rings. The summed E-state index contributed by atoms with van der Waals surface area (Å²) in [6.45, 7) is 12.1. The molecule has 13 heteroatoms. The summed E-state index contributed by atoms with van der Waals surface area (Å²) in [5, 5.41) is 0. The van der Waals surface area contributed by atoms with Gasteiger partial charge in [-0.2, -0.15) is 0 Å². The number of hydrogen-bond donors (Lipinski definition) is 0. The third kappa shape index (κ3) is 8.20. The number of hydrogen-bond acceptors (Lipinski definition) is 10. The van der Waals surface area contributed by atoms with Gasteiger partial charge >= 0.3 is 6.09 Å². The molecule has 302 valence electrons. The van der Waals surface area contributed by atoms with E-state index < -0.39 is 23.7 Å². The fourth-order valence-electron chi connectivity index (χ4n) is 8.20. The first-order valence-electron chi connectivity index (χ1n) is 19.9. The van der Waals surface area contributed by atoms with Gasteiger partial charge in [0.25, 0.3) is 11.8 Å². The molecular formula is C43H55N3O10. The molecule has 13 nitrogen and oxygen atoms in total. The first-order valence-corrected chi connectivity index (χ1v) is 19.9. The molecule has 0 bridgehead atoms. The Hall–Kier alpha value is -4.75. The molecule has 0 spiro atoms. The summed E-state index contributed by atoms with van der Waals surface area (Å²) in [6.07, 6.45) is 10.2. The fourth-order valence-corrected chi connectivity index (χ4v) is 8.20. The molecule has 5 aliphatic heterocycles. The summed E-state index contributed by atoms with van der Waals surface area (Å²) in [4.78, 5) is 46.8. The van der Waals surface area contributed by atoms with Gasteiger partial charge < -0.3 is 43.0 Å². The van der Waals surface area contributed by atoms with Crippen molar-refractivity contribution in [1.82, 2.24) is 9.80 Å². The lowest BCUT2D eigenvalue weighted by Gasteiger charge is -2.41. The Morgan fingerprint density at radius 1 is 0.893 bits per heavy atom. The van der Waals surface area contributed by atoms with E-state index in [1.165, 1.54) is 12.0 Å². The molecule has 0 saturated carbocycles. The van der Waals surface area contributed by atoms with E-state index in [0.29, 0.717) is 73.3 Å². The molecule has 0 radical (unpaired) electrons. The largest absolute Gasteiger partial charge is 0.493 e. The molecule has 0 aliphatic carbocycles. The highest BCUT2D eigenvalue weighted by atomic mass is 16.7. The van der Waals surface area contributed by atoms with Crippen LogP contribution in [0, 0.1) is 0 Å². The van der Waals surface area contributed by atoms with E-state index in [4.69, 9.17) is 33.2 Å². The van der Waals surface area contributed by atoms with Crippen LogP contribution in [0.4, 0.5) is 10.5 Å². The zero-order chi connectivity index (χ0) is 39.6. The molecule has 56 heavy (non-hydrogen) atoms. The van der Waals surface area contributed by atoms with E-state index >= 15 is 0 Å². The predicted molar refractivity (Wildman–Crippen MR) is 210 cm³/mol. The molecule has 5 heterocycles. The second-order valence-corrected chi connectivity index (χ2v) is 16.2. The van der Waals surface area contributed by atoms with E-state index in [1.54, 1.807) is 51.0 Å². The number of carbonyl (C=O) groups is 3. The minimum absolute atomic E-state index is 0.0197. The number of unbranched alkanes of at least 4 members (excludes halogenated alkanes) is 2. The molecule has 7 rings (SSSR count). The molecule has 2 aromatic rings. The van der Waals surface area contributed by atoms with E-state index in [0.717, 1.165) is 56.2 Å². The lowest BCUT2D eigenvalue weighted by Crippen LogP contribution is -2.57. The maximum Gasteiger partial charge on any atom is 0.414 e. The van der Waals surface area contributed by atoms with Gasteiger partial charge in [-0.05, 0) is 95.9 Å². The average Bonchev–Trinajstić information content (AvgIpc) is 3.72. The van der Waals surface area contributed by atoms with Crippen molar-refractivity contribution >= 4 is 29.7 Å². The van der Waals surface area contributed by atoms with Gasteiger partial charge in [-0.1, -0.05) is 24.3 Å². The van der Waals surface area contributed by atoms with Crippen LogP contribution < -0.4 is 23.8 Å². The molecular weight excluding hydrogens is 718 g/mol. The first kappa shape index (κ1) is 39.5. The molecule has 2 aromatic carbocycles. The maximum absolute atomic E-state index is 14.4. The third-order valence-electron chi connectivity index (χ3n) is 10.9. The van der Waals surface area contributed by atoms with E-state index in [-0.39, 0.29) is 36.5 Å². The maximum atomic E-state index is 14.4. The van der Waals surface area contributed by atoms with Gasteiger partial charge in [0.2, 0.25) is 0 Å². The minimum Gasteiger partial charge on any atom is -0.493 e. The molecule has 3 amide bonds. The molecule has 0 aromatic heterocycles. The number of nitrogens with zero attached hydrogens (tertiary/aromatic N) is 3. The van der Waals surface area contributed by atoms with Crippen molar-refractivity contribution in [1.29, 1.82) is 0 Å². The topological polar surface area (TPSA) is 126 Å². The number of benzene rings is 2. The molecule has 3 atom stereocenters. The standard InChI is InChI=1S/C43H55N3O10/c1-28-25-43(55-38-14-8-11-20-54-38)27-45(41(49)56-42(2,3)4)33-24-37(35(51-6)23-32(33)40(48)46(43)26-28)53-19-10-7-9-18-52-36-21-29-15-16-30-13-12-17-44(30)39(47)31(29)22-34(36)50-5/h15-16,21-24,30,38H,1,7-14,17-20,25-27H2,2-6H3/t30-,38?,43?/m0/s1. The van der Waals surface area contributed by atoms with Crippen molar-refractivity contribution in [3.8, 4) is 23.0 Å². The lowest BCUT2D eigenvalue weighted by molar-refractivity contribution is -0.248. The van der Waals surface area contributed by atoms with Crippen molar-refractivity contribution < 1.29 is 47.5 Å². The summed E-state index contributed by atoms with van der Waals surface area (Å²) in [5.41, 5.74) is 0.929. The molecule has 3 fully saturated rings. The van der Waals surface area contributed by atoms with Gasteiger partial charge in [-0.25, -0.2) is 4.79 Å². The van der Waals surface area contributed by atoms with Crippen LogP contribution in [0.5, 0.6) is 23.0 Å². The third-order valence-corrected chi connectivity index (χ3v) is 10.9. The number of amides is 3. The highest BCUT2D eigenvalue weighted by molar-refractivity contribution is 6.06. The Morgan fingerprint density at radius 3 is 2.29 bits per heavy atom. The molecule has 3 saturated heterocycles. The Labute approximate surface area is 329 Å². The number of carbonyl (C=O) groups excluding carboxylic acids is 3. The van der Waals surface area contributed by atoms with Crippen molar-refractivity contribution in [2.45, 2.75) is 102 Å². The predicted octanol–water partition coefficient (Wildman–Crippen LogP) is 7.36. The summed E-state index contributed by atoms with van der Waals surface area (Å²) in [5.74, 6) is 1.63. The van der Waals surface area contributed by atoms with Crippen molar-refractivity contribution in [3.63, 3.8) is 0 Å². The number of fused-ring (bicyclic) bond motifs is 4. The Kier molecular flexibility index (Phi) is 11.6. The van der Waals surface area contributed by atoms with Crippen molar-refractivity contribution in [2.75, 3.05) is 58.6 Å². The van der Waals surface area contributed by atoms with E-state index in [2.05, 4.69) is 12.7 Å². The number of methoxy groups -OCH3 is 2. The normalized spacial score (nSPS) is 23.2. The van der Waals surface area contributed by atoms with Crippen LogP contribution in [-0.2, 0) is 14.2 Å². The highest BCUT2D eigenvalue weighted by Crippen LogP contribution is 2.46. The van der Waals surface area contributed by atoms with Gasteiger partial charge in [0.05, 0.1) is 56.8 Å². The van der Waals surface area contributed by atoms with Gasteiger partial charge in [-0.15, -0.1) is 0 Å². The second kappa shape index (κ2) is 16.4. The zero-order valence-corrected chi connectivity index (χ0v) is 33.4. The molecule has 0 N–H and O–H groups in total. The number of rotatable bonds is 12. The second-order valence-electron chi connectivity index (χ2n) is 16.2. The number of ether oxygens (including phenoxy) is 7. The van der Waals surface area contributed by atoms with Crippen LogP contribution in [-0.4, -0.2) is 105 Å². The summed E-state index contributed by atoms with van der Waals surface area (Å²) in [7, 11) is 3.11. The van der Waals surface area contributed by atoms with Gasteiger partial charge in [0.1, 0.15) is 5.60 Å². The Morgan fingerprint density at radius 2 is 1.61 bits per heavy atom. The summed E-state index contributed by atoms with van der Waals surface area (Å²) < 4.78 is 42.3. The van der Waals surface area contributed by atoms with Crippen LogP contribution >= 0.6 is 0 Å². The van der Waals surface area contributed by atoms with Crippen molar-refractivity contribution in [2.24, 2.45) is 0 Å². The zero-order valence-electron chi connectivity index (χ0n) is 33.4. The first-order chi connectivity index (χ1) is 26.9. The molecule has 2 unspecified atom stereocenters. The Bertz CT molecular complexity index is 1860. The van der Waals surface area contributed by atoms with E-state index in [9.17, 15) is 14.4 Å². The lowest BCUT2D eigenvalue weighted by atomic mass is 10.1. The summed E-state index contributed by atoms with van der Waals surface area (Å²) >= 11 is 0. The Balaban J connectivity index is 1.03. The van der Waals surface area contributed by atoms with Gasteiger partial charge in [0, 0.05) is 32.2 Å². The van der Waals surface area contributed by atoms with Crippen LogP contribution in [0.25, 0.3) is 6.08 Å². The van der Waals surface area contributed by atoms with Gasteiger partial charge in [0.15, 0.2) is 35.0 Å². The fraction of sp³-hybridized carbons (Fsp3) is 0.558. The van der Waals surface area contributed by atoms with E-state index in [1.807, 2.05) is 17.0 Å². The monoisotopic (exact) mass is 773 g/mol. The SMILES string of the molecule is C=C1CN2C(=O)c3cc(OC)c(OCCCCCOc4cc5c(cc4OC)C(=O)N4CCC[C@H]4C=C5)cc3N(C(=O)OC(C)(C)C)CC2(OC2CCCCO2)C1. The quantitative estimate of drug-likeness (QED) is 0.160. The summed E-state index contributed by atoms with van der Waals surface area (Å²) in [6, 6.07) is 7.14. The van der Waals surface area contributed by atoms with Crippen LogP contribution in [0.1, 0.15) is 105 Å². The highest BCUT2D eigenvalue weighted by Gasteiger charge is 2.53.